The van der Waals surface area contributed by atoms with Crippen LogP contribution in [0, 0.1) is 0 Å². The van der Waals surface area contributed by atoms with Gasteiger partial charge in [0.2, 0.25) is 0 Å². The maximum atomic E-state index is 12.2. The minimum Gasteiger partial charge on any atom is -0.374 e. The number of aromatic nitrogens is 1. The average molecular weight is 341 g/mol. The van der Waals surface area contributed by atoms with E-state index >= 15 is 0 Å². The highest BCUT2D eigenvalue weighted by Crippen LogP contribution is 2.40. The molecule has 1 aliphatic carbocycles. The lowest BCUT2D eigenvalue weighted by Gasteiger charge is -2.33. The van der Waals surface area contributed by atoms with E-state index in [4.69, 9.17) is 9.26 Å². The summed E-state index contributed by atoms with van der Waals surface area (Å²) >= 11 is 0. The van der Waals surface area contributed by atoms with Gasteiger partial charge in [-0.25, -0.2) is 0 Å². The third-order valence-electron chi connectivity index (χ3n) is 4.70. The first kappa shape index (κ1) is 16.3. The van der Waals surface area contributed by atoms with E-state index in [1.807, 2.05) is 6.07 Å². The van der Waals surface area contributed by atoms with Crippen molar-refractivity contribution >= 4 is 5.91 Å². The molecule has 2 heterocycles. The minimum atomic E-state index is -0.195. The molecule has 2 aromatic rings. The topological polar surface area (TPSA) is 67.6 Å². The minimum absolute atomic E-state index is 0.00350. The zero-order chi connectivity index (χ0) is 17.1. The first-order chi connectivity index (χ1) is 12.3. The first-order valence-corrected chi connectivity index (χ1v) is 8.90. The monoisotopic (exact) mass is 341 g/mol. The number of amides is 1. The number of hydrogen-bond acceptors (Lipinski definition) is 5. The van der Waals surface area contributed by atoms with Crippen LogP contribution >= 0.6 is 0 Å². The van der Waals surface area contributed by atoms with E-state index in [0.29, 0.717) is 24.8 Å². The van der Waals surface area contributed by atoms with Crippen LogP contribution in [-0.4, -0.2) is 48.3 Å². The fourth-order valence-corrected chi connectivity index (χ4v) is 3.14. The lowest BCUT2D eigenvalue weighted by molar-refractivity contribution is -0.0293. The molecule has 2 fully saturated rings. The normalized spacial score (nSPS) is 21.2. The van der Waals surface area contributed by atoms with Gasteiger partial charge in [-0.2, -0.15) is 0 Å². The largest absolute Gasteiger partial charge is 0.374 e. The Balaban J connectivity index is 1.26. The van der Waals surface area contributed by atoms with Crippen molar-refractivity contribution in [2.24, 2.45) is 0 Å². The number of carbonyl (C=O) groups is 1. The Hall–Kier alpha value is -2.18. The van der Waals surface area contributed by atoms with Gasteiger partial charge in [0.1, 0.15) is 5.76 Å². The summed E-state index contributed by atoms with van der Waals surface area (Å²) in [6, 6.07) is 12.2. The Morgan fingerprint density at radius 1 is 1.28 bits per heavy atom. The molecular formula is C19H23N3O3. The summed E-state index contributed by atoms with van der Waals surface area (Å²) in [6.45, 7) is 3.79. The van der Waals surface area contributed by atoms with Crippen molar-refractivity contribution in [2.75, 3.05) is 26.2 Å². The molecule has 1 aromatic heterocycles. The molecular weight excluding hydrogens is 318 g/mol. The van der Waals surface area contributed by atoms with Gasteiger partial charge in [-0.3, -0.25) is 9.69 Å². The van der Waals surface area contributed by atoms with Crippen LogP contribution < -0.4 is 5.32 Å². The molecule has 4 rings (SSSR count). The molecule has 1 N–H and O–H groups in total. The molecule has 1 atom stereocenters. The van der Waals surface area contributed by atoms with E-state index in [9.17, 15) is 4.79 Å². The third-order valence-corrected chi connectivity index (χ3v) is 4.70. The molecule has 1 saturated heterocycles. The summed E-state index contributed by atoms with van der Waals surface area (Å²) in [5, 5.41) is 6.79. The maximum absolute atomic E-state index is 12.2. The zero-order valence-electron chi connectivity index (χ0n) is 14.2. The van der Waals surface area contributed by atoms with E-state index in [-0.39, 0.29) is 12.0 Å². The fourth-order valence-electron chi connectivity index (χ4n) is 3.14. The van der Waals surface area contributed by atoms with Crippen LogP contribution in [0.25, 0.3) is 0 Å². The molecule has 2 aliphatic rings. The Kier molecular flexibility index (Phi) is 4.81. The van der Waals surface area contributed by atoms with Crippen LogP contribution in [-0.2, 0) is 11.3 Å². The van der Waals surface area contributed by atoms with E-state index in [0.717, 1.165) is 38.2 Å². The SMILES string of the molecule is O=C(NC[C@@H]1CN(Cc2ccccc2)CCO1)c1cc(C2CC2)on1. The Bertz CT molecular complexity index is 712. The highest BCUT2D eigenvalue weighted by molar-refractivity contribution is 5.92. The molecule has 132 valence electrons. The van der Waals surface area contributed by atoms with Crippen LogP contribution in [0.15, 0.2) is 40.9 Å². The van der Waals surface area contributed by atoms with Gasteiger partial charge < -0.3 is 14.6 Å². The van der Waals surface area contributed by atoms with Gasteiger partial charge in [0, 0.05) is 38.2 Å². The molecule has 1 saturated carbocycles. The number of rotatable bonds is 6. The van der Waals surface area contributed by atoms with Gasteiger partial charge in [0.25, 0.3) is 5.91 Å². The summed E-state index contributed by atoms with van der Waals surface area (Å²) in [7, 11) is 0. The predicted molar refractivity (Wildman–Crippen MR) is 92.3 cm³/mol. The Morgan fingerprint density at radius 2 is 2.12 bits per heavy atom. The van der Waals surface area contributed by atoms with E-state index in [1.165, 1.54) is 5.56 Å². The second kappa shape index (κ2) is 7.37. The van der Waals surface area contributed by atoms with Gasteiger partial charge in [-0.1, -0.05) is 35.5 Å². The predicted octanol–water partition coefficient (Wildman–Crippen LogP) is 2.18. The van der Waals surface area contributed by atoms with Crippen LogP contribution in [0.2, 0.25) is 0 Å². The molecule has 0 spiro atoms. The maximum Gasteiger partial charge on any atom is 0.273 e. The van der Waals surface area contributed by atoms with Gasteiger partial charge in [-0.05, 0) is 18.4 Å². The summed E-state index contributed by atoms with van der Waals surface area (Å²) in [5.41, 5.74) is 1.65. The molecule has 1 amide bonds. The summed E-state index contributed by atoms with van der Waals surface area (Å²) in [5.74, 6) is 1.09. The van der Waals surface area contributed by atoms with Crippen LogP contribution in [0.5, 0.6) is 0 Å². The number of benzene rings is 1. The van der Waals surface area contributed by atoms with Crippen LogP contribution in [0.4, 0.5) is 0 Å². The summed E-state index contributed by atoms with van der Waals surface area (Å²) in [4.78, 5) is 14.6. The van der Waals surface area contributed by atoms with Gasteiger partial charge in [0.05, 0.1) is 12.7 Å². The first-order valence-electron chi connectivity index (χ1n) is 8.90. The number of nitrogens with zero attached hydrogens (tertiary/aromatic N) is 2. The molecule has 6 nitrogen and oxygen atoms in total. The molecule has 1 aliphatic heterocycles. The second-order valence-electron chi connectivity index (χ2n) is 6.81. The summed E-state index contributed by atoms with van der Waals surface area (Å²) < 4.78 is 11.0. The van der Waals surface area contributed by atoms with Crippen molar-refractivity contribution in [3.05, 3.63) is 53.4 Å². The van der Waals surface area contributed by atoms with E-state index < -0.39 is 0 Å². The highest BCUT2D eigenvalue weighted by atomic mass is 16.5. The van der Waals surface area contributed by atoms with E-state index in [1.54, 1.807) is 6.07 Å². The Labute approximate surface area is 147 Å². The van der Waals surface area contributed by atoms with Crippen molar-refractivity contribution in [2.45, 2.75) is 31.4 Å². The standard InChI is InChI=1S/C19H23N3O3/c23-19(17-10-18(25-21-17)15-6-7-15)20-11-16-13-22(8-9-24-16)12-14-4-2-1-3-5-14/h1-5,10,15-16H,6-9,11-13H2,(H,20,23)/t16-/m1/s1. The highest BCUT2D eigenvalue weighted by Gasteiger charge is 2.29. The van der Waals surface area contributed by atoms with Crippen molar-refractivity contribution in [1.82, 2.24) is 15.4 Å². The number of morpholine rings is 1. The molecule has 0 radical (unpaired) electrons. The molecule has 6 heteroatoms. The lowest BCUT2D eigenvalue weighted by Crippen LogP contribution is -2.47. The van der Waals surface area contributed by atoms with Gasteiger partial charge in [-0.15, -0.1) is 0 Å². The molecule has 0 bridgehead atoms. The number of nitrogens with one attached hydrogen (secondary N) is 1. The van der Waals surface area contributed by atoms with Crippen molar-refractivity contribution in [3.8, 4) is 0 Å². The Morgan fingerprint density at radius 3 is 2.92 bits per heavy atom. The number of hydrogen-bond donors (Lipinski definition) is 1. The van der Waals surface area contributed by atoms with Gasteiger partial charge >= 0.3 is 0 Å². The average Bonchev–Trinajstić information content (AvgIpc) is 3.38. The smallest absolute Gasteiger partial charge is 0.273 e. The van der Waals surface area contributed by atoms with Crippen LogP contribution in [0.3, 0.4) is 0 Å². The second-order valence-corrected chi connectivity index (χ2v) is 6.81. The molecule has 25 heavy (non-hydrogen) atoms. The van der Waals surface area contributed by atoms with Crippen molar-refractivity contribution in [3.63, 3.8) is 0 Å². The third kappa shape index (κ3) is 4.27. The molecule has 1 aromatic carbocycles. The van der Waals surface area contributed by atoms with Crippen molar-refractivity contribution in [1.29, 1.82) is 0 Å². The number of ether oxygens (including phenoxy) is 1. The summed E-state index contributed by atoms with van der Waals surface area (Å²) in [6.07, 6.45) is 2.25. The zero-order valence-corrected chi connectivity index (χ0v) is 14.2. The fraction of sp³-hybridized carbons (Fsp3) is 0.474. The van der Waals surface area contributed by atoms with Gasteiger partial charge in [0.15, 0.2) is 5.69 Å². The quantitative estimate of drug-likeness (QED) is 0.872. The lowest BCUT2D eigenvalue weighted by atomic mass is 10.2. The number of carbonyl (C=O) groups excluding carboxylic acids is 1. The molecule has 0 unspecified atom stereocenters. The van der Waals surface area contributed by atoms with E-state index in [2.05, 4.69) is 39.6 Å². The van der Waals surface area contributed by atoms with Crippen LogP contribution in [0.1, 0.15) is 40.6 Å². The van der Waals surface area contributed by atoms with Crippen molar-refractivity contribution < 1.29 is 14.1 Å².